The molecule has 0 atom stereocenters. The van der Waals surface area contributed by atoms with E-state index in [-0.39, 0.29) is 65.5 Å². The van der Waals surface area contributed by atoms with Gasteiger partial charge in [0.1, 0.15) is 0 Å². The molecule has 1 aliphatic heterocycles. The lowest BCUT2D eigenvalue weighted by Gasteiger charge is -2.45. The van der Waals surface area contributed by atoms with Gasteiger partial charge in [-0.3, -0.25) is 0 Å². The Morgan fingerprint density at radius 2 is 0.625 bits per heavy atom. The quantitative estimate of drug-likeness (QED) is 0.235. The van der Waals surface area contributed by atoms with Crippen LogP contribution in [0.15, 0.2) is 0 Å². The van der Waals surface area contributed by atoms with Gasteiger partial charge in [0.15, 0.2) is 0 Å². The van der Waals surface area contributed by atoms with Gasteiger partial charge in [-0.1, -0.05) is 0 Å². The Balaban J connectivity index is 3.73. The van der Waals surface area contributed by atoms with Crippen molar-refractivity contribution < 1.29 is 50.6 Å². The monoisotopic (exact) mass is 592 g/mol. The molecule has 0 spiro atoms. The molecule has 12 nitrogen and oxygen atoms in total. The molecule has 0 saturated carbocycles. The smallest absolute Gasteiger partial charge is 0.394 e. The molecule has 1 saturated heterocycles. The normalized spacial score (nSPS) is 33.8. The highest BCUT2D eigenvalue weighted by atomic mass is 28.6. The van der Waals surface area contributed by atoms with Crippen LogP contribution < -0.4 is 0 Å². The average Bonchev–Trinajstić information content (AvgIpc) is 2.68. The van der Waals surface area contributed by atoms with Crippen LogP contribution in [0.1, 0.15) is 27.7 Å². The van der Waals surface area contributed by atoms with Gasteiger partial charge in [0.2, 0.25) is 39.1 Å². The Labute approximate surface area is 205 Å². The highest BCUT2D eigenvalue weighted by Crippen LogP contribution is 2.34. The molecule has 0 unspecified atom stereocenters. The second kappa shape index (κ2) is 15.4. The first-order chi connectivity index (χ1) is 15.3. The summed E-state index contributed by atoms with van der Waals surface area (Å²) in [5.41, 5.74) is 0. The molecule has 0 aromatic heterocycles. The highest BCUT2D eigenvalue weighted by molar-refractivity contribution is 6.86. The van der Waals surface area contributed by atoms with Crippen molar-refractivity contribution >= 4 is 75.2 Å². The first kappa shape index (κ1) is 31.3. The third-order valence-electron chi connectivity index (χ3n) is 3.19. The minimum Gasteiger partial charge on any atom is -0.394 e. The summed E-state index contributed by atoms with van der Waals surface area (Å²) in [6, 6.07) is 0. The lowest BCUT2D eigenvalue weighted by molar-refractivity contribution is -0.0669. The Bertz CT molecular complexity index is 394. The topological polar surface area (TPSA) is 111 Å². The second-order valence-corrected chi connectivity index (χ2v) is 18.7. The molecule has 0 aliphatic carbocycles. The maximum Gasteiger partial charge on any atom is 0.657 e. The van der Waals surface area contributed by atoms with Crippen LogP contribution in [0.3, 0.4) is 0 Å². The van der Waals surface area contributed by atoms with Crippen molar-refractivity contribution in [1.29, 1.82) is 0 Å². The standard InChI is InChI=1S/C12H32O12Si8/c1-9-13-29(17-25-5)21-30(14-10-2,18-26-6)23-32(16-12-4,20-28-8)24-31(22-29,15-11-3)19-27-7/h9-12H2,1-8H3. The summed E-state index contributed by atoms with van der Waals surface area (Å²) < 4.78 is 73.0. The molecule has 1 aliphatic rings. The molecule has 0 aromatic rings. The molecule has 20 heteroatoms. The van der Waals surface area contributed by atoms with Crippen LogP contribution in [0, 0.1) is 0 Å². The van der Waals surface area contributed by atoms with E-state index in [2.05, 4.69) is 0 Å². The summed E-state index contributed by atoms with van der Waals surface area (Å²) in [6.07, 6.45) is 0. The number of rotatable bonds is 16. The molecule has 0 bridgehead atoms. The lowest BCUT2D eigenvalue weighted by Crippen LogP contribution is -2.76. The molecule has 0 aromatic carbocycles. The predicted octanol–water partition coefficient (Wildman–Crippen LogP) is 0.690. The van der Waals surface area contributed by atoms with Crippen molar-refractivity contribution in [1.82, 2.24) is 0 Å². The van der Waals surface area contributed by atoms with E-state index in [0.29, 0.717) is 0 Å². The minimum absolute atomic E-state index is 0.0362. The van der Waals surface area contributed by atoms with Crippen LogP contribution in [0.2, 0.25) is 26.2 Å². The summed E-state index contributed by atoms with van der Waals surface area (Å²) in [6.45, 7) is 15.4. The van der Waals surface area contributed by atoms with E-state index < -0.39 is 36.2 Å². The van der Waals surface area contributed by atoms with Gasteiger partial charge in [0, 0.05) is 26.4 Å². The third-order valence-corrected chi connectivity index (χ3v) is 21.0. The van der Waals surface area contributed by atoms with Gasteiger partial charge in [0.05, 0.1) is 0 Å². The Morgan fingerprint density at radius 1 is 0.438 bits per heavy atom. The number of hydrogen-bond acceptors (Lipinski definition) is 12. The zero-order valence-electron chi connectivity index (χ0n) is 19.7. The van der Waals surface area contributed by atoms with E-state index in [1.54, 1.807) is 27.7 Å². The van der Waals surface area contributed by atoms with Crippen LogP contribution in [-0.2, 0) is 50.6 Å². The molecule has 1 rings (SSSR count). The Hall–Kier alpha value is 1.26. The fourth-order valence-corrected chi connectivity index (χ4v) is 22.1. The van der Waals surface area contributed by atoms with E-state index in [0.717, 1.165) is 0 Å². The molecular weight excluding hydrogens is 561 g/mol. The summed E-state index contributed by atoms with van der Waals surface area (Å²) >= 11 is 0. The first-order valence-electron chi connectivity index (χ1n) is 10.1. The molecule has 0 N–H and O–H groups in total. The molecule has 8 radical (unpaired) electrons. The van der Waals surface area contributed by atoms with E-state index >= 15 is 0 Å². The van der Waals surface area contributed by atoms with Crippen LogP contribution in [-0.4, -0.2) is 102 Å². The van der Waals surface area contributed by atoms with Crippen molar-refractivity contribution in [3.05, 3.63) is 0 Å². The Kier molecular flexibility index (Phi) is 15.0. The summed E-state index contributed by atoms with van der Waals surface area (Å²) in [5, 5.41) is 0. The number of hydrogen-bond donors (Lipinski definition) is 0. The lowest BCUT2D eigenvalue weighted by atomic mass is 10.9. The largest absolute Gasteiger partial charge is 0.657 e. The van der Waals surface area contributed by atoms with Crippen molar-refractivity contribution in [2.75, 3.05) is 26.4 Å². The van der Waals surface area contributed by atoms with Crippen LogP contribution >= 0.6 is 0 Å². The molecular formula is C12H32O12Si8. The maximum atomic E-state index is 6.36. The fourth-order valence-electron chi connectivity index (χ4n) is 2.42. The van der Waals surface area contributed by atoms with Gasteiger partial charge in [0.25, 0.3) is 0 Å². The van der Waals surface area contributed by atoms with Gasteiger partial charge in [-0.25, -0.2) is 0 Å². The molecule has 32 heavy (non-hydrogen) atoms. The van der Waals surface area contributed by atoms with Gasteiger partial charge in [-0.05, 0) is 53.9 Å². The van der Waals surface area contributed by atoms with Crippen LogP contribution in [0.4, 0.5) is 0 Å². The van der Waals surface area contributed by atoms with Crippen molar-refractivity contribution in [3.8, 4) is 0 Å². The fraction of sp³-hybridized carbons (Fsp3) is 1.00. The Morgan fingerprint density at radius 3 is 0.750 bits per heavy atom. The van der Waals surface area contributed by atoms with Gasteiger partial charge in [-0.2, -0.15) is 0 Å². The van der Waals surface area contributed by atoms with Crippen LogP contribution in [0.5, 0.6) is 0 Å². The second-order valence-electron chi connectivity index (χ2n) is 5.37. The SMILES string of the molecule is CCO[Si]1(O[Si]C)O[Si](OCC)(O[Si]C)O[Si](OCC)(O[Si]C)O[Si](OCC)(O[Si]C)O1. The molecule has 1 heterocycles. The molecule has 0 amide bonds. The summed E-state index contributed by atoms with van der Waals surface area (Å²) in [7, 11) is -16.1. The zero-order valence-corrected chi connectivity index (χ0v) is 27.7. The molecule has 1 fully saturated rings. The maximum absolute atomic E-state index is 6.36. The van der Waals surface area contributed by atoms with Crippen molar-refractivity contribution in [3.63, 3.8) is 0 Å². The first-order valence-corrected chi connectivity index (χ1v) is 22.2. The van der Waals surface area contributed by atoms with Gasteiger partial charge in [-0.15, -0.1) is 0 Å². The van der Waals surface area contributed by atoms with E-state index in [9.17, 15) is 0 Å². The van der Waals surface area contributed by atoms with Gasteiger partial charge < -0.3 is 50.6 Å². The van der Waals surface area contributed by atoms with E-state index in [4.69, 9.17) is 50.6 Å². The molecule has 184 valence electrons. The van der Waals surface area contributed by atoms with Gasteiger partial charge >= 0.3 is 36.2 Å². The van der Waals surface area contributed by atoms with Crippen molar-refractivity contribution in [2.24, 2.45) is 0 Å². The summed E-state index contributed by atoms with van der Waals surface area (Å²) in [4.78, 5) is 0. The van der Waals surface area contributed by atoms with E-state index in [1.165, 1.54) is 0 Å². The van der Waals surface area contributed by atoms with Crippen LogP contribution in [0.25, 0.3) is 0 Å². The highest BCUT2D eigenvalue weighted by Gasteiger charge is 2.74. The van der Waals surface area contributed by atoms with E-state index in [1.807, 2.05) is 26.2 Å². The predicted molar refractivity (Wildman–Crippen MR) is 125 cm³/mol. The van der Waals surface area contributed by atoms with Crippen molar-refractivity contribution in [2.45, 2.75) is 53.9 Å². The minimum atomic E-state index is -3.99. The third kappa shape index (κ3) is 8.73. The zero-order chi connectivity index (χ0) is 24.1. The summed E-state index contributed by atoms with van der Waals surface area (Å²) in [5.74, 6) is 0. The average molecular weight is 593 g/mol.